The van der Waals surface area contributed by atoms with Gasteiger partial charge in [0.05, 0.1) is 24.2 Å². The van der Waals surface area contributed by atoms with E-state index in [-0.39, 0.29) is 17.6 Å². The lowest BCUT2D eigenvalue weighted by Crippen LogP contribution is -2.43. The van der Waals surface area contributed by atoms with Gasteiger partial charge < -0.3 is 15.0 Å². The normalized spacial score (nSPS) is 15.4. The molecule has 30 heavy (non-hydrogen) atoms. The molecule has 1 fully saturated rings. The fourth-order valence-electron chi connectivity index (χ4n) is 3.69. The van der Waals surface area contributed by atoms with Crippen molar-refractivity contribution in [2.24, 2.45) is 0 Å². The van der Waals surface area contributed by atoms with Crippen molar-refractivity contribution in [3.63, 3.8) is 0 Å². The van der Waals surface area contributed by atoms with Gasteiger partial charge in [-0.25, -0.2) is 0 Å². The minimum atomic E-state index is -0.463. The Labute approximate surface area is 176 Å². The van der Waals surface area contributed by atoms with E-state index in [1.54, 1.807) is 19.1 Å². The van der Waals surface area contributed by atoms with Gasteiger partial charge >= 0.3 is 0 Å². The van der Waals surface area contributed by atoms with Crippen molar-refractivity contribution in [1.29, 1.82) is 0 Å². The number of carbonyl (C=O) groups is 1. The van der Waals surface area contributed by atoms with Gasteiger partial charge in [0.2, 0.25) is 0 Å². The number of hydrogen-bond donors (Lipinski definition) is 1. The van der Waals surface area contributed by atoms with E-state index >= 15 is 0 Å². The lowest BCUT2D eigenvalue weighted by atomic mass is 10.0. The van der Waals surface area contributed by atoms with Crippen LogP contribution in [0.25, 0.3) is 0 Å². The number of rotatable bonds is 7. The molecule has 0 saturated carbocycles. The number of nitro benzene ring substituents is 1. The van der Waals surface area contributed by atoms with Crippen LogP contribution in [0.2, 0.25) is 0 Å². The molecule has 0 radical (unpaired) electrons. The molecule has 1 amide bonds. The van der Waals surface area contributed by atoms with E-state index < -0.39 is 4.92 Å². The maximum absolute atomic E-state index is 12.8. The predicted molar refractivity (Wildman–Crippen MR) is 116 cm³/mol. The zero-order chi connectivity index (χ0) is 21.7. The zero-order valence-electron chi connectivity index (χ0n) is 17.6. The van der Waals surface area contributed by atoms with E-state index in [0.717, 1.165) is 24.3 Å². The molecule has 1 heterocycles. The molecule has 1 N–H and O–H groups in total. The number of anilines is 1. The third-order valence-electron chi connectivity index (χ3n) is 5.48. The second-order valence-electron chi connectivity index (χ2n) is 7.57. The number of ether oxygens (including phenoxy) is 1. The van der Waals surface area contributed by atoms with Gasteiger partial charge in [0.1, 0.15) is 0 Å². The fourth-order valence-corrected chi connectivity index (χ4v) is 3.69. The van der Waals surface area contributed by atoms with Crippen molar-refractivity contribution in [2.75, 3.05) is 51.8 Å². The highest BCUT2D eigenvalue weighted by molar-refractivity contribution is 5.96. The van der Waals surface area contributed by atoms with Crippen molar-refractivity contribution in [3.8, 4) is 0 Å². The summed E-state index contributed by atoms with van der Waals surface area (Å²) in [4.78, 5) is 27.9. The van der Waals surface area contributed by atoms with E-state index in [0.29, 0.717) is 30.9 Å². The largest absolute Gasteiger partial charge is 0.379 e. The average molecular weight is 412 g/mol. The number of amides is 1. The van der Waals surface area contributed by atoms with Gasteiger partial charge in [0, 0.05) is 56.6 Å². The van der Waals surface area contributed by atoms with E-state index in [1.165, 1.54) is 6.07 Å². The first-order chi connectivity index (χ1) is 14.4. The highest BCUT2D eigenvalue weighted by atomic mass is 16.6. The van der Waals surface area contributed by atoms with Crippen LogP contribution in [-0.4, -0.2) is 62.7 Å². The Morgan fingerprint density at radius 2 is 1.87 bits per heavy atom. The maximum atomic E-state index is 12.8. The van der Waals surface area contributed by atoms with Crippen molar-refractivity contribution in [1.82, 2.24) is 10.2 Å². The molecule has 2 aromatic rings. The quantitative estimate of drug-likeness (QED) is 0.556. The Hall–Kier alpha value is -2.97. The predicted octanol–water partition coefficient (Wildman–Crippen LogP) is 2.77. The third-order valence-corrected chi connectivity index (χ3v) is 5.48. The first-order valence-corrected chi connectivity index (χ1v) is 9.99. The second kappa shape index (κ2) is 9.69. The number of morpholine rings is 1. The Morgan fingerprint density at radius 3 is 2.47 bits per heavy atom. The molecule has 8 heteroatoms. The molecular formula is C22H28N4O4. The Morgan fingerprint density at radius 1 is 1.20 bits per heavy atom. The van der Waals surface area contributed by atoms with Crippen molar-refractivity contribution >= 4 is 17.3 Å². The maximum Gasteiger partial charge on any atom is 0.273 e. The summed E-state index contributed by atoms with van der Waals surface area (Å²) in [5, 5.41) is 14.2. The molecule has 160 valence electrons. The van der Waals surface area contributed by atoms with Gasteiger partial charge in [-0.05, 0) is 30.7 Å². The number of carbonyl (C=O) groups excluding carboxylic acids is 1. The van der Waals surface area contributed by atoms with E-state index in [1.807, 2.05) is 19.0 Å². The third kappa shape index (κ3) is 4.95. The molecule has 1 aliphatic heterocycles. The monoisotopic (exact) mass is 412 g/mol. The van der Waals surface area contributed by atoms with Crippen LogP contribution in [0.1, 0.15) is 27.5 Å². The average Bonchev–Trinajstić information content (AvgIpc) is 2.74. The summed E-state index contributed by atoms with van der Waals surface area (Å²) >= 11 is 0. The lowest BCUT2D eigenvalue weighted by molar-refractivity contribution is -0.385. The molecule has 0 spiro atoms. The Balaban J connectivity index is 1.79. The molecule has 1 saturated heterocycles. The van der Waals surface area contributed by atoms with Gasteiger partial charge in [0.15, 0.2) is 0 Å². The number of nitrogens with zero attached hydrogens (tertiary/aromatic N) is 3. The lowest BCUT2D eigenvalue weighted by Gasteiger charge is -2.35. The molecule has 8 nitrogen and oxygen atoms in total. The highest BCUT2D eigenvalue weighted by Gasteiger charge is 2.24. The van der Waals surface area contributed by atoms with E-state index in [4.69, 9.17) is 4.74 Å². The minimum Gasteiger partial charge on any atom is -0.379 e. The Kier molecular flexibility index (Phi) is 7.02. The smallest absolute Gasteiger partial charge is 0.273 e. The highest BCUT2D eigenvalue weighted by Crippen LogP contribution is 2.25. The van der Waals surface area contributed by atoms with Crippen LogP contribution in [0.5, 0.6) is 0 Å². The zero-order valence-corrected chi connectivity index (χ0v) is 17.6. The van der Waals surface area contributed by atoms with Crippen LogP contribution >= 0.6 is 0 Å². The molecule has 2 aromatic carbocycles. The first kappa shape index (κ1) is 21.7. The number of benzene rings is 2. The summed E-state index contributed by atoms with van der Waals surface area (Å²) in [5.74, 6) is -0.306. The van der Waals surface area contributed by atoms with E-state index in [9.17, 15) is 14.9 Å². The van der Waals surface area contributed by atoms with Crippen LogP contribution in [0.4, 0.5) is 11.4 Å². The molecule has 3 rings (SSSR count). The van der Waals surface area contributed by atoms with Gasteiger partial charge in [-0.15, -0.1) is 0 Å². The molecule has 0 aliphatic carbocycles. The molecule has 1 atom stereocenters. The van der Waals surface area contributed by atoms with Crippen LogP contribution in [0.3, 0.4) is 0 Å². The standard InChI is InChI=1S/C22H28N4O4/c1-16-19(5-4-6-20(16)26(28)29)22(27)23-15-21(25-11-13-30-14-12-25)17-7-9-18(10-8-17)24(2)3/h4-10,21H,11-15H2,1-3H3,(H,23,27). The van der Waals surface area contributed by atoms with Crippen LogP contribution in [0.15, 0.2) is 42.5 Å². The number of nitrogens with one attached hydrogen (secondary N) is 1. The number of nitro groups is 1. The summed E-state index contributed by atoms with van der Waals surface area (Å²) in [6.45, 7) is 4.89. The van der Waals surface area contributed by atoms with Crippen LogP contribution in [0, 0.1) is 17.0 Å². The van der Waals surface area contributed by atoms with E-state index in [2.05, 4.69) is 34.5 Å². The van der Waals surface area contributed by atoms with Crippen molar-refractivity contribution in [3.05, 3.63) is 69.3 Å². The van der Waals surface area contributed by atoms with Gasteiger partial charge in [-0.2, -0.15) is 0 Å². The Bertz CT molecular complexity index is 893. The van der Waals surface area contributed by atoms with Crippen molar-refractivity contribution in [2.45, 2.75) is 13.0 Å². The molecule has 1 unspecified atom stereocenters. The fraction of sp³-hybridized carbons (Fsp3) is 0.409. The van der Waals surface area contributed by atoms with Crippen molar-refractivity contribution < 1.29 is 14.5 Å². The minimum absolute atomic E-state index is 0.00642. The second-order valence-corrected chi connectivity index (χ2v) is 7.57. The summed E-state index contributed by atoms with van der Waals surface area (Å²) in [7, 11) is 3.99. The van der Waals surface area contributed by atoms with Crippen LogP contribution < -0.4 is 10.2 Å². The first-order valence-electron chi connectivity index (χ1n) is 9.99. The molecule has 0 bridgehead atoms. The SMILES string of the molecule is Cc1c(C(=O)NCC(c2ccc(N(C)C)cc2)N2CCOCC2)cccc1[N+](=O)[O-]. The topological polar surface area (TPSA) is 88.0 Å². The van der Waals surface area contributed by atoms with Crippen LogP contribution in [-0.2, 0) is 4.74 Å². The summed E-state index contributed by atoms with van der Waals surface area (Å²) in [6, 6.07) is 12.9. The summed E-state index contributed by atoms with van der Waals surface area (Å²) in [5.41, 5.74) is 2.87. The molecule has 0 aromatic heterocycles. The number of hydrogen-bond acceptors (Lipinski definition) is 6. The van der Waals surface area contributed by atoms with Gasteiger partial charge in [0.25, 0.3) is 11.6 Å². The van der Waals surface area contributed by atoms with Gasteiger partial charge in [-0.1, -0.05) is 18.2 Å². The summed E-state index contributed by atoms with van der Waals surface area (Å²) < 4.78 is 5.48. The molecule has 1 aliphatic rings. The van der Waals surface area contributed by atoms with Gasteiger partial charge in [-0.3, -0.25) is 19.8 Å². The summed E-state index contributed by atoms with van der Waals surface area (Å²) in [6.07, 6.45) is 0. The molecular weight excluding hydrogens is 384 g/mol.